The van der Waals surface area contributed by atoms with E-state index in [0.29, 0.717) is 26.3 Å². The van der Waals surface area contributed by atoms with Crippen LogP contribution in [0.5, 0.6) is 0 Å². The molecule has 1 fully saturated rings. The minimum atomic E-state index is -0.252. The first-order valence-electron chi connectivity index (χ1n) is 5.33. The Labute approximate surface area is 94.0 Å². The van der Waals surface area contributed by atoms with Crippen molar-refractivity contribution in [3.8, 4) is 0 Å². The number of hydrogen-bond donors (Lipinski definition) is 2. The number of rotatable bonds is 3. The third-order valence-electron chi connectivity index (χ3n) is 2.64. The molecule has 1 aliphatic rings. The summed E-state index contributed by atoms with van der Waals surface area (Å²) in [6.07, 6.45) is 3.44. The largest absolute Gasteiger partial charge is 0.377 e. The number of H-pyrrole nitrogens is 1. The van der Waals surface area contributed by atoms with Gasteiger partial charge in [-0.1, -0.05) is 0 Å². The van der Waals surface area contributed by atoms with Crippen molar-refractivity contribution in [2.24, 2.45) is 0 Å². The third kappa shape index (κ3) is 2.40. The van der Waals surface area contributed by atoms with Crippen molar-refractivity contribution >= 4 is 5.91 Å². The van der Waals surface area contributed by atoms with Crippen molar-refractivity contribution in [1.82, 2.24) is 20.2 Å². The fraction of sp³-hybridized carbons (Fsp3) is 0.600. The molecule has 2 N–H and O–H groups in total. The molecule has 1 saturated heterocycles. The SMILES string of the molecule is CNC1COCCN(Cc2ncc[nH]2)C1=O. The highest BCUT2D eigenvalue weighted by Gasteiger charge is 2.26. The number of imidazole rings is 1. The molecule has 1 atom stereocenters. The summed E-state index contributed by atoms with van der Waals surface area (Å²) in [6.45, 7) is 2.12. The normalized spacial score (nSPS) is 22.2. The molecule has 2 rings (SSSR count). The van der Waals surface area contributed by atoms with Crippen LogP contribution in [0.3, 0.4) is 0 Å². The lowest BCUT2D eigenvalue weighted by molar-refractivity contribution is -0.133. The Morgan fingerprint density at radius 3 is 3.31 bits per heavy atom. The van der Waals surface area contributed by atoms with Gasteiger partial charge in [-0.25, -0.2) is 4.98 Å². The maximum absolute atomic E-state index is 12.0. The van der Waals surface area contributed by atoms with Gasteiger partial charge in [-0.2, -0.15) is 0 Å². The Morgan fingerprint density at radius 1 is 1.75 bits per heavy atom. The van der Waals surface area contributed by atoms with E-state index in [1.165, 1.54) is 0 Å². The van der Waals surface area contributed by atoms with Crippen LogP contribution in [0.25, 0.3) is 0 Å². The number of ether oxygens (including phenoxy) is 1. The van der Waals surface area contributed by atoms with Gasteiger partial charge >= 0.3 is 0 Å². The molecule has 6 heteroatoms. The molecule has 1 aliphatic heterocycles. The number of aromatic amines is 1. The lowest BCUT2D eigenvalue weighted by Crippen LogP contribution is -2.45. The molecule has 1 aromatic heterocycles. The number of likely N-dealkylation sites (N-methyl/N-ethyl adjacent to an activating group) is 1. The third-order valence-corrected chi connectivity index (χ3v) is 2.64. The van der Waals surface area contributed by atoms with E-state index >= 15 is 0 Å². The first-order chi connectivity index (χ1) is 7.81. The minimum Gasteiger partial charge on any atom is -0.377 e. The molecule has 0 radical (unpaired) electrons. The van der Waals surface area contributed by atoms with Crippen LogP contribution in [0.1, 0.15) is 5.82 Å². The van der Waals surface area contributed by atoms with Crippen molar-refractivity contribution in [2.45, 2.75) is 12.6 Å². The molecule has 88 valence electrons. The predicted molar refractivity (Wildman–Crippen MR) is 57.7 cm³/mol. The van der Waals surface area contributed by atoms with Crippen LogP contribution in [0.15, 0.2) is 12.4 Å². The Morgan fingerprint density at radius 2 is 2.62 bits per heavy atom. The second kappa shape index (κ2) is 5.09. The summed E-state index contributed by atoms with van der Waals surface area (Å²) in [6, 6.07) is -0.252. The van der Waals surface area contributed by atoms with Gasteiger partial charge in [-0.15, -0.1) is 0 Å². The molecule has 0 aromatic carbocycles. The summed E-state index contributed by atoms with van der Waals surface area (Å²) >= 11 is 0. The predicted octanol–water partition coefficient (Wildman–Crippen LogP) is -0.643. The minimum absolute atomic E-state index is 0.0661. The monoisotopic (exact) mass is 224 g/mol. The lowest BCUT2D eigenvalue weighted by Gasteiger charge is -2.22. The molecule has 16 heavy (non-hydrogen) atoms. The number of amides is 1. The van der Waals surface area contributed by atoms with Gasteiger partial charge in [-0.3, -0.25) is 4.79 Å². The molecule has 1 aromatic rings. The van der Waals surface area contributed by atoms with Crippen LogP contribution in [-0.4, -0.2) is 53.6 Å². The molecular formula is C10H16N4O2. The van der Waals surface area contributed by atoms with E-state index in [1.807, 2.05) is 0 Å². The lowest BCUT2D eigenvalue weighted by atomic mass is 10.2. The molecule has 6 nitrogen and oxygen atoms in total. The zero-order valence-electron chi connectivity index (χ0n) is 9.27. The molecule has 0 aliphatic carbocycles. The van der Waals surface area contributed by atoms with Crippen molar-refractivity contribution in [3.05, 3.63) is 18.2 Å². The Balaban J connectivity index is 2.04. The van der Waals surface area contributed by atoms with Gasteiger partial charge in [0.05, 0.1) is 19.8 Å². The van der Waals surface area contributed by atoms with Crippen LogP contribution in [0.2, 0.25) is 0 Å². The molecule has 1 amide bonds. The van der Waals surface area contributed by atoms with Crippen molar-refractivity contribution in [2.75, 3.05) is 26.8 Å². The second-order valence-corrected chi connectivity index (χ2v) is 3.71. The van der Waals surface area contributed by atoms with Crippen molar-refractivity contribution in [1.29, 1.82) is 0 Å². The smallest absolute Gasteiger partial charge is 0.242 e. The maximum atomic E-state index is 12.0. The van der Waals surface area contributed by atoms with E-state index in [-0.39, 0.29) is 11.9 Å². The Hall–Kier alpha value is -1.40. The summed E-state index contributed by atoms with van der Waals surface area (Å²) in [5.74, 6) is 0.863. The topological polar surface area (TPSA) is 70.2 Å². The van der Waals surface area contributed by atoms with Crippen LogP contribution in [0, 0.1) is 0 Å². The van der Waals surface area contributed by atoms with Crippen molar-refractivity contribution in [3.63, 3.8) is 0 Å². The number of nitrogens with zero attached hydrogens (tertiary/aromatic N) is 2. The summed E-state index contributed by atoms with van der Waals surface area (Å²) in [7, 11) is 1.77. The van der Waals surface area contributed by atoms with Gasteiger partial charge in [0.2, 0.25) is 5.91 Å². The van der Waals surface area contributed by atoms with Crippen LogP contribution in [0.4, 0.5) is 0 Å². The highest BCUT2D eigenvalue weighted by Crippen LogP contribution is 2.06. The van der Waals surface area contributed by atoms with Gasteiger partial charge < -0.3 is 19.9 Å². The standard InChI is InChI=1S/C10H16N4O2/c1-11-8-7-16-5-4-14(10(8)15)6-9-12-2-3-13-9/h2-3,8,11H,4-7H2,1H3,(H,12,13). The second-order valence-electron chi connectivity index (χ2n) is 3.71. The maximum Gasteiger partial charge on any atom is 0.242 e. The van der Waals surface area contributed by atoms with Crippen LogP contribution >= 0.6 is 0 Å². The highest BCUT2D eigenvalue weighted by atomic mass is 16.5. The van der Waals surface area contributed by atoms with Crippen LogP contribution in [-0.2, 0) is 16.1 Å². The first kappa shape index (κ1) is 11.1. The molecule has 0 saturated carbocycles. The molecule has 1 unspecified atom stereocenters. The number of carbonyl (C=O) groups excluding carboxylic acids is 1. The molecular weight excluding hydrogens is 208 g/mol. The fourth-order valence-electron chi connectivity index (χ4n) is 1.71. The zero-order valence-corrected chi connectivity index (χ0v) is 9.27. The van der Waals surface area contributed by atoms with Crippen molar-refractivity contribution < 1.29 is 9.53 Å². The number of carbonyl (C=O) groups is 1. The quantitative estimate of drug-likeness (QED) is 0.716. The van der Waals surface area contributed by atoms with E-state index in [4.69, 9.17) is 4.74 Å². The summed E-state index contributed by atoms with van der Waals surface area (Å²) in [4.78, 5) is 20.9. The number of hydrogen-bond acceptors (Lipinski definition) is 4. The van der Waals surface area contributed by atoms with Gasteiger partial charge in [0.1, 0.15) is 11.9 Å². The Kier molecular flexibility index (Phi) is 3.53. The van der Waals surface area contributed by atoms with Gasteiger partial charge in [0.25, 0.3) is 0 Å². The average Bonchev–Trinajstić information content (AvgIpc) is 2.73. The average molecular weight is 224 g/mol. The summed E-state index contributed by atoms with van der Waals surface area (Å²) < 4.78 is 5.36. The van der Waals surface area contributed by atoms with Gasteiger partial charge in [0, 0.05) is 18.9 Å². The van der Waals surface area contributed by atoms with E-state index in [2.05, 4.69) is 15.3 Å². The fourth-order valence-corrected chi connectivity index (χ4v) is 1.71. The van der Waals surface area contributed by atoms with Crippen LogP contribution < -0.4 is 5.32 Å². The van der Waals surface area contributed by atoms with E-state index in [1.54, 1.807) is 24.3 Å². The van der Waals surface area contributed by atoms with E-state index in [0.717, 1.165) is 5.82 Å². The number of nitrogens with one attached hydrogen (secondary N) is 2. The molecule has 0 spiro atoms. The highest BCUT2D eigenvalue weighted by molar-refractivity contribution is 5.82. The zero-order chi connectivity index (χ0) is 11.4. The molecule has 2 heterocycles. The van der Waals surface area contributed by atoms with Gasteiger partial charge in [0.15, 0.2) is 0 Å². The van der Waals surface area contributed by atoms with Gasteiger partial charge in [-0.05, 0) is 7.05 Å². The Bertz CT molecular complexity index is 339. The summed E-state index contributed by atoms with van der Waals surface area (Å²) in [5, 5.41) is 2.96. The van der Waals surface area contributed by atoms with E-state index < -0.39 is 0 Å². The van der Waals surface area contributed by atoms with E-state index in [9.17, 15) is 4.79 Å². The summed E-state index contributed by atoms with van der Waals surface area (Å²) in [5.41, 5.74) is 0. The molecule has 0 bridgehead atoms. The number of aromatic nitrogens is 2. The first-order valence-corrected chi connectivity index (χ1v) is 5.33.